The van der Waals surface area contributed by atoms with E-state index in [1.54, 1.807) is 0 Å². The third-order valence-corrected chi connectivity index (χ3v) is 2.06. The predicted octanol–water partition coefficient (Wildman–Crippen LogP) is 3.83. The molecular weight excluding hydrogens is 252 g/mol. The van der Waals surface area contributed by atoms with Crippen molar-refractivity contribution in [3.05, 3.63) is 0 Å². The summed E-state index contributed by atoms with van der Waals surface area (Å²) in [5.41, 5.74) is 0. The van der Waals surface area contributed by atoms with Gasteiger partial charge in [-0.2, -0.15) is 13.2 Å². The second-order valence-electron chi connectivity index (χ2n) is 3.08. The van der Waals surface area contributed by atoms with E-state index < -0.39 is 18.1 Å². The van der Waals surface area contributed by atoms with Gasteiger partial charge in [-0.15, -0.1) is 0 Å². The largest absolute Gasteiger partial charge is 0.393 e. The van der Waals surface area contributed by atoms with Crippen molar-refractivity contribution in [2.45, 2.75) is 33.0 Å². The Morgan fingerprint density at radius 3 is 2.00 bits per heavy atom. The van der Waals surface area contributed by atoms with Crippen molar-refractivity contribution in [2.24, 2.45) is 15.9 Å². The summed E-state index contributed by atoms with van der Waals surface area (Å²) in [5.74, 6) is -1.57. The van der Waals surface area contributed by atoms with Crippen molar-refractivity contribution in [1.82, 2.24) is 0 Å². The molecule has 0 amide bonds. The van der Waals surface area contributed by atoms with Gasteiger partial charge in [-0.05, 0) is 25.4 Å². The molecule has 2 atom stereocenters. The maximum absolute atomic E-state index is 12.2. The molecule has 0 aromatic heterocycles. The summed E-state index contributed by atoms with van der Waals surface area (Å²) in [4.78, 5) is 7.09. The molecular formula is C8H11Cl2F3N2. The molecule has 1 unspecified atom stereocenters. The van der Waals surface area contributed by atoms with Crippen LogP contribution in [0.1, 0.15) is 20.8 Å². The summed E-state index contributed by atoms with van der Waals surface area (Å²) in [5, 5.41) is -0.151. The number of rotatable bonds is 2. The number of nitrogens with zero attached hydrogens (tertiary/aromatic N) is 2. The summed E-state index contributed by atoms with van der Waals surface area (Å²) >= 11 is 10.9. The molecule has 0 spiro atoms. The highest BCUT2D eigenvalue weighted by atomic mass is 35.5. The molecule has 15 heavy (non-hydrogen) atoms. The van der Waals surface area contributed by atoms with Crippen molar-refractivity contribution < 1.29 is 13.2 Å². The third-order valence-electron chi connectivity index (χ3n) is 1.80. The number of aliphatic imine (C=N–C) groups is 2. The lowest BCUT2D eigenvalue weighted by atomic mass is 10.0. The SMILES string of the molecule is CC(Cl)=NC(Cl)=N[C@@H](C)C(C)C(F)(F)F. The van der Waals surface area contributed by atoms with Crippen molar-refractivity contribution >= 4 is 33.7 Å². The molecule has 0 saturated carbocycles. The van der Waals surface area contributed by atoms with Gasteiger partial charge in [0.1, 0.15) is 5.17 Å². The summed E-state index contributed by atoms with van der Waals surface area (Å²) in [6.07, 6.45) is -4.29. The van der Waals surface area contributed by atoms with Gasteiger partial charge in [0.2, 0.25) is 5.29 Å². The minimum atomic E-state index is -4.29. The van der Waals surface area contributed by atoms with Gasteiger partial charge in [0.05, 0.1) is 12.0 Å². The fourth-order valence-electron chi connectivity index (χ4n) is 0.709. The maximum Gasteiger partial charge on any atom is 0.393 e. The van der Waals surface area contributed by atoms with E-state index in [9.17, 15) is 13.2 Å². The summed E-state index contributed by atoms with van der Waals surface area (Å²) in [7, 11) is 0. The Morgan fingerprint density at radius 2 is 1.67 bits per heavy atom. The topological polar surface area (TPSA) is 24.7 Å². The Bertz CT molecular complexity index is 270. The molecule has 0 aliphatic heterocycles. The van der Waals surface area contributed by atoms with Crippen LogP contribution in [0, 0.1) is 5.92 Å². The first-order valence-electron chi connectivity index (χ1n) is 4.15. The molecule has 0 heterocycles. The summed E-state index contributed by atoms with van der Waals surface area (Å²) < 4.78 is 36.7. The predicted molar refractivity (Wildman–Crippen MR) is 56.9 cm³/mol. The zero-order chi connectivity index (χ0) is 12.2. The first kappa shape index (κ1) is 14.7. The van der Waals surface area contributed by atoms with Crippen LogP contribution in [0.2, 0.25) is 0 Å². The van der Waals surface area contributed by atoms with E-state index in [0.717, 1.165) is 6.92 Å². The van der Waals surface area contributed by atoms with Crippen LogP contribution in [0.5, 0.6) is 0 Å². The highest BCUT2D eigenvalue weighted by Crippen LogP contribution is 2.29. The number of halogens is 5. The Labute approximate surface area is 96.2 Å². The Hall–Kier alpha value is -0.290. The second-order valence-corrected chi connectivity index (χ2v) is 3.96. The van der Waals surface area contributed by atoms with Crippen LogP contribution >= 0.6 is 23.2 Å². The van der Waals surface area contributed by atoms with Crippen molar-refractivity contribution in [1.29, 1.82) is 0 Å². The minimum Gasteiger partial charge on any atom is -0.252 e. The van der Waals surface area contributed by atoms with E-state index in [1.165, 1.54) is 13.8 Å². The molecule has 0 aliphatic rings. The lowest BCUT2D eigenvalue weighted by Crippen LogP contribution is -2.28. The fourth-order valence-corrected chi connectivity index (χ4v) is 1.11. The number of hydrogen-bond donors (Lipinski definition) is 0. The van der Waals surface area contributed by atoms with Gasteiger partial charge in [-0.1, -0.05) is 18.5 Å². The van der Waals surface area contributed by atoms with E-state index in [4.69, 9.17) is 23.2 Å². The zero-order valence-corrected chi connectivity index (χ0v) is 9.95. The molecule has 0 rings (SSSR count). The van der Waals surface area contributed by atoms with Crippen molar-refractivity contribution in [2.75, 3.05) is 0 Å². The molecule has 0 saturated heterocycles. The summed E-state index contributed by atoms with van der Waals surface area (Å²) in [6, 6.07) is -0.989. The molecule has 2 nitrogen and oxygen atoms in total. The third kappa shape index (κ3) is 5.99. The van der Waals surface area contributed by atoms with Gasteiger partial charge in [0.25, 0.3) is 0 Å². The van der Waals surface area contributed by atoms with Crippen LogP contribution in [-0.2, 0) is 0 Å². The number of amidine groups is 1. The molecule has 0 aromatic rings. The first-order valence-corrected chi connectivity index (χ1v) is 4.91. The first-order chi connectivity index (χ1) is 6.64. The fraction of sp³-hybridized carbons (Fsp3) is 0.750. The lowest BCUT2D eigenvalue weighted by Gasteiger charge is -2.19. The Balaban J connectivity index is 4.61. The van der Waals surface area contributed by atoms with Gasteiger partial charge in [0.15, 0.2) is 0 Å². The molecule has 0 N–H and O–H groups in total. The number of alkyl halides is 3. The zero-order valence-electron chi connectivity index (χ0n) is 8.44. The molecule has 0 radical (unpaired) electrons. The molecule has 0 aromatic carbocycles. The van der Waals surface area contributed by atoms with Gasteiger partial charge < -0.3 is 0 Å². The molecule has 7 heteroatoms. The standard InChI is InChI=1S/C8H11Cl2F3N2/c1-4(8(11,12)13)5(2)14-7(10)15-6(3)9/h4-5H,1-3H3/t4?,5-/m0/s1. The Morgan fingerprint density at radius 1 is 1.20 bits per heavy atom. The second kappa shape index (κ2) is 5.70. The van der Waals surface area contributed by atoms with E-state index in [2.05, 4.69) is 9.98 Å². The molecule has 0 bridgehead atoms. The van der Waals surface area contributed by atoms with Gasteiger partial charge in [-0.25, -0.2) is 4.99 Å². The van der Waals surface area contributed by atoms with Crippen LogP contribution in [0.3, 0.4) is 0 Å². The Kier molecular flexibility index (Phi) is 5.59. The average molecular weight is 263 g/mol. The van der Waals surface area contributed by atoms with Gasteiger partial charge >= 0.3 is 6.18 Å². The van der Waals surface area contributed by atoms with Gasteiger partial charge in [-0.3, -0.25) is 4.99 Å². The van der Waals surface area contributed by atoms with Gasteiger partial charge in [0, 0.05) is 0 Å². The van der Waals surface area contributed by atoms with Crippen molar-refractivity contribution in [3.63, 3.8) is 0 Å². The van der Waals surface area contributed by atoms with E-state index in [0.29, 0.717) is 0 Å². The van der Waals surface area contributed by atoms with Crippen LogP contribution in [-0.4, -0.2) is 22.7 Å². The smallest absolute Gasteiger partial charge is 0.252 e. The molecule has 0 aliphatic carbocycles. The minimum absolute atomic E-state index is 0.121. The van der Waals surface area contributed by atoms with Crippen molar-refractivity contribution in [3.8, 4) is 0 Å². The molecule has 0 fully saturated rings. The van der Waals surface area contributed by atoms with E-state index in [-0.39, 0.29) is 10.5 Å². The normalized spacial score (nSPS) is 18.9. The van der Waals surface area contributed by atoms with E-state index in [1.807, 2.05) is 0 Å². The van der Waals surface area contributed by atoms with Crippen LogP contribution < -0.4 is 0 Å². The monoisotopic (exact) mass is 262 g/mol. The highest BCUT2D eigenvalue weighted by Gasteiger charge is 2.39. The quantitative estimate of drug-likeness (QED) is 0.411. The average Bonchev–Trinajstić information content (AvgIpc) is 1.99. The van der Waals surface area contributed by atoms with Crippen LogP contribution in [0.15, 0.2) is 9.98 Å². The lowest BCUT2D eigenvalue weighted by molar-refractivity contribution is -0.173. The van der Waals surface area contributed by atoms with E-state index >= 15 is 0 Å². The number of hydrogen-bond acceptors (Lipinski definition) is 1. The summed E-state index contributed by atoms with van der Waals surface area (Å²) in [6.45, 7) is 3.81. The van der Waals surface area contributed by atoms with Crippen LogP contribution in [0.4, 0.5) is 13.2 Å². The highest BCUT2D eigenvalue weighted by molar-refractivity contribution is 6.71. The maximum atomic E-state index is 12.2. The van der Waals surface area contributed by atoms with Crippen LogP contribution in [0.25, 0.3) is 0 Å². The molecule has 88 valence electrons.